The summed E-state index contributed by atoms with van der Waals surface area (Å²) in [6, 6.07) is 24.9. The van der Waals surface area contributed by atoms with Crippen molar-refractivity contribution in [1.29, 1.82) is 5.26 Å². The van der Waals surface area contributed by atoms with E-state index in [1.54, 1.807) is 30.5 Å². The first-order chi connectivity index (χ1) is 17.5. The number of rotatable bonds is 7. The molecule has 3 aromatic rings. The van der Waals surface area contributed by atoms with Gasteiger partial charge < -0.3 is 11.1 Å². The maximum atomic E-state index is 13.0. The van der Waals surface area contributed by atoms with Crippen molar-refractivity contribution in [2.24, 2.45) is 5.10 Å². The Morgan fingerprint density at radius 2 is 1.58 bits per heavy atom. The van der Waals surface area contributed by atoms with Gasteiger partial charge in [-0.15, -0.1) is 0 Å². The summed E-state index contributed by atoms with van der Waals surface area (Å²) in [5.41, 5.74) is 12.5. The van der Waals surface area contributed by atoms with E-state index in [0.29, 0.717) is 16.8 Å². The molecule has 1 aliphatic rings. The van der Waals surface area contributed by atoms with Crippen LogP contribution < -0.4 is 16.1 Å². The highest BCUT2D eigenvalue weighted by Crippen LogP contribution is 2.26. The van der Waals surface area contributed by atoms with Gasteiger partial charge in [0.2, 0.25) is 0 Å². The van der Waals surface area contributed by atoms with Gasteiger partial charge in [0, 0.05) is 17.6 Å². The van der Waals surface area contributed by atoms with Gasteiger partial charge in [0.25, 0.3) is 5.91 Å². The molecule has 0 spiro atoms. The molecule has 4 rings (SSSR count). The number of nitrogens with zero attached hydrogens (tertiary/aromatic N) is 3. The number of hydrazone groups is 1. The number of aryl methyl sites for hydroxylation is 2. The van der Waals surface area contributed by atoms with Crippen LogP contribution in [0.3, 0.4) is 0 Å². The highest BCUT2D eigenvalue weighted by Gasteiger charge is 2.30. The smallest absolute Gasteiger partial charge is 0.282 e. The number of para-hydroxylation sites is 2. The number of carbonyl (C=O) groups excluding carboxylic acids is 1. The molecule has 0 unspecified atom stereocenters. The number of anilines is 3. The van der Waals surface area contributed by atoms with E-state index in [2.05, 4.69) is 49.4 Å². The summed E-state index contributed by atoms with van der Waals surface area (Å²) in [5.74, 6) is -0.162. The number of hydrogen-bond donors (Lipinski definition) is 2. The maximum absolute atomic E-state index is 13.0. The third-order valence-electron chi connectivity index (χ3n) is 5.89. The van der Waals surface area contributed by atoms with Crippen molar-refractivity contribution in [1.82, 2.24) is 0 Å². The van der Waals surface area contributed by atoms with Crippen molar-refractivity contribution >= 4 is 28.7 Å². The number of amides is 1. The SMILES string of the molecule is CCCC1=NN(c2ccc(C#N)cc2)C(=O)/C1=C/Nc1ccccc1CC.CCc1ccccc1N. The van der Waals surface area contributed by atoms with Crippen LogP contribution in [0, 0.1) is 11.3 Å². The second kappa shape index (κ2) is 12.9. The van der Waals surface area contributed by atoms with E-state index in [9.17, 15) is 4.79 Å². The molecule has 0 aromatic heterocycles. The zero-order valence-corrected chi connectivity index (χ0v) is 21.2. The lowest BCUT2D eigenvalue weighted by atomic mass is 10.1. The number of carbonyl (C=O) groups is 1. The zero-order chi connectivity index (χ0) is 25.9. The Morgan fingerprint density at radius 3 is 2.17 bits per heavy atom. The van der Waals surface area contributed by atoms with Crippen molar-refractivity contribution in [3.63, 3.8) is 0 Å². The molecular weight excluding hydrogens is 446 g/mol. The molecule has 0 radical (unpaired) electrons. The number of benzene rings is 3. The Hall–Kier alpha value is -4.37. The van der Waals surface area contributed by atoms with E-state index in [1.165, 1.54) is 16.1 Å². The molecule has 0 aliphatic carbocycles. The molecule has 3 N–H and O–H groups in total. The first-order valence-corrected chi connectivity index (χ1v) is 12.3. The van der Waals surface area contributed by atoms with Crippen molar-refractivity contribution in [3.05, 3.63) is 101 Å². The van der Waals surface area contributed by atoms with E-state index in [0.717, 1.165) is 42.8 Å². The predicted octanol–water partition coefficient (Wildman–Crippen LogP) is 6.45. The second-order valence-electron chi connectivity index (χ2n) is 8.34. The average molecular weight is 480 g/mol. The monoisotopic (exact) mass is 479 g/mol. The van der Waals surface area contributed by atoms with E-state index in [1.807, 2.05) is 36.4 Å². The maximum Gasteiger partial charge on any atom is 0.282 e. The molecule has 1 amide bonds. The minimum absolute atomic E-state index is 0.162. The average Bonchev–Trinajstić information content (AvgIpc) is 3.23. The third kappa shape index (κ3) is 6.39. The van der Waals surface area contributed by atoms with Crippen LogP contribution in [0.1, 0.15) is 50.3 Å². The van der Waals surface area contributed by atoms with Gasteiger partial charge in [-0.3, -0.25) is 4.79 Å². The van der Waals surface area contributed by atoms with Crippen LogP contribution >= 0.6 is 0 Å². The molecule has 0 fully saturated rings. The highest BCUT2D eigenvalue weighted by atomic mass is 16.2. The van der Waals surface area contributed by atoms with Crippen LogP contribution in [0.15, 0.2) is 89.7 Å². The van der Waals surface area contributed by atoms with Crippen LogP contribution in [-0.4, -0.2) is 11.6 Å². The van der Waals surface area contributed by atoms with Crippen LogP contribution in [0.5, 0.6) is 0 Å². The minimum Gasteiger partial charge on any atom is -0.399 e. The lowest BCUT2D eigenvalue weighted by Crippen LogP contribution is -2.22. The van der Waals surface area contributed by atoms with E-state index in [-0.39, 0.29) is 5.91 Å². The Balaban J connectivity index is 0.000000338. The summed E-state index contributed by atoms with van der Waals surface area (Å²) < 4.78 is 0. The summed E-state index contributed by atoms with van der Waals surface area (Å²) >= 11 is 0. The summed E-state index contributed by atoms with van der Waals surface area (Å²) in [5, 5.41) is 18.2. The first-order valence-electron chi connectivity index (χ1n) is 12.3. The molecule has 0 atom stereocenters. The van der Waals surface area contributed by atoms with Crippen molar-refractivity contribution in [2.75, 3.05) is 16.1 Å². The molecule has 0 saturated heterocycles. The lowest BCUT2D eigenvalue weighted by molar-refractivity contribution is -0.114. The van der Waals surface area contributed by atoms with Gasteiger partial charge in [0.05, 0.1) is 28.6 Å². The Bertz CT molecular complexity index is 1290. The number of nitriles is 1. The molecule has 6 nitrogen and oxygen atoms in total. The van der Waals surface area contributed by atoms with Crippen molar-refractivity contribution in [3.8, 4) is 6.07 Å². The van der Waals surface area contributed by atoms with E-state index < -0.39 is 0 Å². The number of nitrogens with one attached hydrogen (secondary N) is 1. The van der Waals surface area contributed by atoms with Gasteiger partial charge in [-0.05, 0) is 66.8 Å². The van der Waals surface area contributed by atoms with Gasteiger partial charge in [-0.2, -0.15) is 15.4 Å². The molecule has 6 heteroatoms. The molecule has 36 heavy (non-hydrogen) atoms. The highest BCUT2D eigenvalue weighted by molar-refractivity contribution is 6.30. The zero-order valence-electron chi connectivity index (χ0n) is 21.2. The van der Waals surface area contributed by atoms with Crippen molar-refractivity contribution in [2.45, 2.75) is 46.5 Å². The van der Waals surface area contributed by atoms with Gasteiger partial charge >= 0.3 is 0 Å². The fourth-order valence-electron chi connectivity index (χ4n) is 3.85. The molecule has 0 saturated carbocycles. The van der Waals surface area contributed by atoms with Crippen LogP contribution in [0.25, 0.3) is 0 Å². The van der Waals surface area contributed by atoms with E-state index in [4.69, 9.17) is 11.0 Å². The summed E-state index contributed by atoms with van der Waals surface area (Å²) in [6.45, 7) is 6.27. The van der Waals surface area contributed by atoms with Crippen LogP contribution in [-0.2, 0) is 17.6 Å². The number of hydrogen-bond acceptors (Lipinski definition) is 5. The third-order valence-corrected chi connectivity index (χ3v) is 5.89. The quantitative estimate of drug-likeness (QED) is 0.301. The topological polar surface area (TPSA) is 94.5 Å². The van der Waals surface area contributed by atoms with Gasteiger partial charge in [0.1, 0.15) is 0 Å². The van der Waals surface area contributed by atoms with Crippen LogP contribution in [0.4, 0.5) is 17.1 Å². The molecule has 0 bridgehead atoms. The molecular formula is C30H33N5O. The summed E-state index contributed by atoms with van der Waals surface area (Å²) in [6.07, 6.45) is 5.31. The minimum atomic E-state index is -0.162. The fourth-order valence-corrected chi connectivity index (χ4v) is 3.85. The fraction of sp³-hybridized carbons (Fsp3) is 0.233. The summed E-state index contributed by atoms with van der Waals surface area (Å²) in [7, 11) is 0. The van der Waals surface area contributed by atoms with Crippen molar-refractivity contribution < 1.29 is 4.79 Å². The largest absolute Gasteiger partial charge is 0.399 e. The standard InChI is InChI=1S/C22H22N4O.C8H11N/c1-3-7-21-19(15-24-20-9-6-5-8-17(20)4-2)22(27)26(25-21)18-12-10-16(14-23)11-13-18;1-2-7-5-3-4-6-8(7)9/h5-6,8-13,15,24H,3-4,7H2,1-2H3;3-6H,2,9H2,1H3/b19-15+;. The molecule has 3 aromatic carbocycles. The Labute approximate surface area is 213 Å². The number of nitrogens with two attached hydrogens (primary N) is 1. The first kappa shape index (κ1) is 26.2. The molecule has 184 valence electrons. The lowest BCUT2D eigenvalue weighted by Gasteiger charge is -2.12. The van der Waals surface area contributed by atoms with Gasteiger partial charge in [-0.1, -0.05) is 63.6 Å². The summed E-state index contributed by atoms with van der Waals surface area (Å²) in [4.78, 5) is 13.0. The number of nitrogen functional groups attached to an aromatic ring is 1. The predicted molar refractivity (Wildman–Crippen MR) is 149 cm³/mol. The molecule has 1 heterocycles. The van der Waals surface area contributed by atoms with Gasteiger partial charge in [-0.25, -0.2) is 0 Å². The van der Waals surface area contributed by atoms with E-state index >= 15 is 0 Å². The normalized spacial score (nSPS) is 13.6. The second-order valence-corrected chi connectivity index (χ2v) is 8.34. The van der Waals surface area contributed by atoms with Gasteiger partial charge in [0.15, 0.2) is 0 Å². The Kier molecular flexibility index (Phi) is 9.41. The Morgan fingerprint density at radius 1 is 0.944 bits per heavy atom. The molecule has 1 aliphatic heterocycles. The van der Waals surface area contributed by atoms with Crippen LogP contribution in [0.2, 0.25) is 0 Å².